The third kappa shape index (κ3) is 6.02. The van der Waals surface area contributed by atoms with E-state index in [2.05, 4.69) is 10.6 Å². The highest BCUT2D eigenvalue weighted by atomic mass is 16.5. The summed E-state index contributed by atoms with van der Waals surface area (Å²) in [5.41, 5.74) is 3.77. The zero-order chi connectivity index (χ0) is 22.2. The lowest BCUT2D eigenvalue weighted by atomic mass is 10.1. The Morgan fingerprint density at radius 1 is 0.839 bits per heavy atom. The van der Waals surface area contributed by atoms with Crippen LogP contribution in [0.3, 0.4) is 0 Å². The summed E-state index contributed by atoms with van der Waals surface area (Å²) in [7, 11) is 0. The van der Waals surface area contributed by atoms with E-state index in [9.17, 15) is 14.4 Å². The SMILES string of the molecule is Cc1ccc(C)c(C(=O)OCC(=O)Nc2ccccc2C(=O)NCc2ccccc2)c1. The van der Waals surface area contributed by atoms with E-state index in [0.717, 1.165) is 16.7 Å². The summed E-state index contributed by atoms with van der Waals surface area (Å²) in [6.07, 6.45) is 0. The number of rotatable bonds is 7. The molecule has 0 heterocycles. The second-order valence-corrected chi connectivity index (χ2v) is 7.16. The Balaban J connectivity index is 1.59. The van der Waals surface area contributed by atoms with Gasteiger partial charge in [0.15, 0.2) is 6.61 Å². The Labute approximate surface area is 181 Å². The summed E-state index contributed by atoms with van der Waals surface area (Å²) < 4.78 is 5.15. The highest BCUT2D eigenvalue weighted by Crippen LogP contribution is 2.16. The molecule has 158 valence electrons. The van der Waals surface area contributed by atoms with Crippen LogP contribution < -0.4 is 10.6 Å². The number of anilines is 1. The molecule has 0 saturated heterocycles. The van der Waals surface area contributed by atoms with E-state index < -0.39 is 18.5 Å². The summed E-state index contributed by atoms with van der Waals surface area (Å²) in [5.74, 6) is -1.40. The van der Waals surface area contributed by atoms with Crippen LogP contribution in [0.15, 0.2) is 72.8 Å². The number of hydrogen-bond acceptors (Lipinski definition) is 4. The monoisotopic (exact) mass is 416 g/mol. The van der Waals surface area contributed by atoms with Crippen LogP contribution in [0, 0.1) is 13.8 Å². The molecular formula is C25H24N2O4. The molecule has 0 fully saturated rings. The molecule has 6 heteroatoms. The first-order valence-electron chi connectivity index (χ1n) is 9.89. The molecular weight excluding hydrogens is 392 g/mol. The van der Waals surface area contributed by atoms with Gasteiger partial charge in [-0.05, 0) is 43.2 Å². The molecule has 0 saturated carbocycles. The second-order valence-electron chi connectivity index (χ2n) is 7.16. The first-order valence-corrected chi connectivity index (χ1v) is 9.89. The first-order chi connectivity index (χ1) is 14.9. The number of benzene rings is 3. The van der Waals surface area contributed by atoms with Crippen molar-refractivity contribution >= 4 is 23.5 Å². The van der Waals surface area contributed by atoms with E-state index in [0.29, 0.717) is 23.4 Å². The van der Waals surface area contributed by atoms with Crippen LogP contribution in [0.1, 0.15) is 37.4 Å². The summed E-state index contributed by atoms with van der Waals surface area (Å²) in [6, 6.07) is 21.7. The lowest BCUT2D eigenvalue weighted by Crippen LogP contribution is -2.26. The van der Waals surface area contributed by atoms with Crippen molar-refractivity contribution in [1.29, 1.82) is 0 Å². The van der Waals surface area contributed by atoms with Crippen molar-refractivity contribution in [2.45, 2.75) is 20.4 Å². The van der Waals surface area contributed by atoms with Crippen molar-refractivity contribution in [3.63, 3.8) is 0 Å². The molecule has 3 aromatic rings. The van der Waals surface area contributed by atoms with E-state index in [1.54, 1.807) is 37.3 Å². The van der Waals surface area contributed by atoms with Crippen LogP contribution in [-0.4, -0.2) is 24.4 Å². The lowest BCUT2D eigenvalue weighted by molar-refractivity contribution is -0.119. The van der Waals surface area contributed by atoms with Crippen molar-refractivity contribution < 1.29 is 19.1 Å². The molecule has 0 spiro atoms. The fraction of sp³-hybridized carbons (Fsp3) is 0.160. The second kappa shape index (κ2) is 10.2. The van der Waals surface area contributed by atoms with E-state index >= 15 is 0 Å². The Kier molecular flexibility index (Phi) is 7.17. The molecule has 2 amide bonds. The van der Waals surface area contributed by atoms with Gasteiger partial charge in [-0.25, -0.2) is 4.79 Å². The van der Waals surface area contributed by atoms with E-state index in [1.807, 2.05) is 49.4 Å². The molecule has 0 aliphatic heterocycles. The minimum atomic E-state index is -0.565. The summed E-state index contributed by atoms with van der Waals surface area (Å²) in [5, 5.41) is 5.48. The Morgan fingerprint density at radius 2 is 1.55 bits per heavy atom. The number of para-hydroxylation sites is 1. The topological polar surface area (TPSA) is 84.5 Å². The largest absolute Gasteiger partial charge is 0.452 e. The Bertz CT molecular complexity index is 1090. The van der Waals surface area contributed by atoms with Gasteiger partial charge in [-0.1, -0.05) is 60.2 Å². The normalized spacial score (nSPS) is 10.3. The number of esters is 1. The predicted molar refractivity (Wildman–Crippen MR) is 119 cm³/mol. The van der Waals surface area contributed by atoms with Gasteiger partial charge >= 0.3 is 5.97 Å². The average Bonchev–Trinajstić information content (AvgIpc) is 2.78. The van der Waals surface area contributed by atoms with Gasteiger partial charge in [-0.3, -0.25) is 9.59 Å². The molecule has 3 rings (SSSR count). The molecule has 0 radical (unpaired) electrons. The number of aryl methyl sites for hydroxylation is 2. The first kappa shape index (κ1) is 21.8. The van der Waals surface area contributed by atoms with E-state index in [-0.39, 0.29) is 5.91 Å². The van der Waals surface area contributed by atoms with Gasteiger partial charge in [0.05, 0.1) is 16.8 Å². The third-order valence-electron chi connectivity index (χ3n) is 4.69. The molecule has 3 aromatic carbocycles. The maximum Gasteiger partial charge on any atom is 0.338 e. The van der Waals surface area contributed by atoms with Gasteiger partial charge in [-0.2, -0.15) is 0 Å². The molecule has 0 aromatic heterocycles. The third-order valence-corrected chi connectivity index (χ3v) is 4.69. The average molecular weight is 416 g/mol. The quantitative estimate of drug-likeness (QED) is 0.570. The number of carbonyl (C=O) groups is 3. The molecule has 6 nitrogen and oxygen atoms in total. The van der Waals surface area contributed by atoms with Crippen LogP contribution in [0.4, 0.5) is 5.69 Å². The van der Waals surface area contributed by atoms with Crippen LogP contribution in [0.5, 0.6) is 0 Å². The van der Waals surface area contributed by atoms with Crippen LogP contribution >= 0.6 is 0 Å². The Morgan fingerprint density at radius 3 is 2.32 bits per heavy atom. The zero-order valence-electron chi connectivity index (χ0n) is 17.5. The molecule has 0 bridgehead atoms. The Hall–Kier alpha value is -3.93. The van der Waals surface area contributed by atoms with Crippen LogP contribution in [-0.2, 0) is 16.1 Å². The maximum absolute atomic E-state index is 12.6. The smallest absolute Gasteiger partial charge is 0.338 e. The van der Waals surface area contributed by atoms with Gasteiger partial charge in [0.1, 0.15) is 0 Å². The fourth-order valence-electron chi connectivity index (χ4n) is 3.01. The van der Waals surface area contributed by atoms with Crippen LogP contribution in [0.2, 0.25) is 0 Å². The van der Waals surface area contributed by atoms with E-state index in [4.69, 9.17) is 4.74 Å². The van der Waals surface area contributed by atoms with E-state index in [1.165, 1.54) is 0 Å². The summed E-state index contributed by atoms with van der Waals surface area (Å²) >= 11 is 0. The van der Waals surface area contributed by atoms with Gasteiger partial charge in [-0.15, -0.1) is 0 Å². The molecule has 0 aliphatic rings. The lowest BCUT2D eigenvalue weighted by Gasteiger charge is -2.12. The van der Waals surface area contributed by atoms with Crippen molar-refractivity contribution in [2.75, 3.05) is 11.9 Å². The summed E-state index contributed by atoms with van der Waals surface area (Å²) in [6.45, 7) is 3.60. The van der Waals surface area contributed by atoms with Gasteiger partial charge in [0.2, 0.25) is 0 Å². The molecule has 0 atom stereocenters. The highest BCUT2D eigenvalue weighted by Gasteiger charge is 2.16. The number of ether oxygens (including phenoxy) is 1. The van der Waals surface area contributed by atoms with Crippen molar-refractivity contribution in [3.8, 4) is 0 Å². The van der Waals surface area contributed by atoms with Crippen molar-refractivity contribution in [2.24, 2.45) is 0 Å². The van der Waals surface area contributed by atoms with Crippen LogP contribution in [0.25, 0.3) is 0 Å². The van der Waals surface area contributed by atoms with Gasteiger partial charge < -0.3 is 15.4 Å². The molecule has 2 N–H and O–H groups in total. The predicted octanol–water partition coefficient (Wildman–Crippen LogP) is 4.03. The molecule has 31 heavy (non-hydrogen) atoms. The number of hydrogen-bond donors (Lipinski definition) is 2. The minimum Gasteiger partial charge on any atom is -0.452 e. The minimum absolute atomic E-state index is 0.313. The fourth-order valence-corrected chi connectivity index (χ4v) is 3.01. The van der Waals surface area contributed by atoms with Crippen molar-refractivity contribution in [1.82, 2.24) is 5.32 Å². The maximum atomic E-state index is 12.6. The number of nitrogens with one attached hydrogen (secondary N) is 2. The summed E-state index contributed by atoms with van der Waals surface area (Å²) in [4.78, 5) is 37.2. The molecule has 0 aliphatic carbocycles. The van der Waals surface area contributed by atoms with Gasteiger partial charge in [0, 0.05) is 6.54 Å². The standard InChI is InChI=1S/C25H24N2O4/c1-17-12-13-18(2)21(14-17)25(30)31-16-23(28)27-22-11-7-6-10-20(22)24(29)26-15-19-8-4-3-5-9-19/h3-14H,15-16H2,1-2H3,(H,26,29)(H,27,28). The highest BCUT2D eigenvalue weighted by molar-refractivity contribution is 6.04. The van der Waals surface area contributed by atoms with Crippen molar-refractivity contribution in [3.05, 3.63) is 101 Å². The zero-order valence-corrected chi connectivity index (χ0v) is 17.5. The number of carbonyl (C=O) groups excluding carboxylic acids is 3. The molecule has 0 unspecified atom stereocenters. The number of amides is 2. The van der Waals surface area contributed by atoms with Gasteiger partial charge in [0.25, 0.3) is 11.8 Å².